The van der Waals surface area contributed by atoms with Gasteiger partial charge in [-0.3, -0.25) is 9.48 Å². The van der Waals surface area contributed by atoms with E-state index in [1.54, 1.807) is 20.8 Å². The van der Waals surface area contributed by atoms with Crippen LogP contribution in [0.5, 0.6) is 0 Å². The normalized spacial score (nSPS) is 15.2. The van der Waals surface area contributed by atoms with Crippen LogP contribution in [-0.2, 0) is 35.2 Å². The lowest BCUT2D eigenvalue weighted by Crippen LogP contribution is -2.40. The number of hydrogen-bond donors (Lipinski definition) is 1. The predicted octanol–water partition coefficient (Wildman–Crippen LogP) is 2.28. The fourth-order valence-corrected chi connectivity index (χ4v) is 2.46. The van der Waals surface area contributed by atoms with Crippen molar-refractivity contribution in [2.45, 2.75) is 52.1 Å². The molecule has 0 saturated carbocycles. The van der Waals surface area contributed by atoms with E-state index in [4.69, 9.17) is 9.84 Å². The van der Waals surface area contributed by atoms with Crippen molar-refractivity contribution in [1.82, 2.24) is 14.7 Å². The Kier molecular flexibility index (Phi) is 4.51. The molecule has 24 heavy (non-hydrogen) atoms. The minimum absolute atomic E-state index is 0.0743. The summed E-state index contributed by atoms with van der Waals surface area (Å²) in [6.07, 6.45) is -5.37. The molecule has 0 spiro atoms. The van der Waals surface area contributed by atoms with Gasteiger partial charge in [-0.05, 0) is 20.8 Å². The van der Waals surface area contributed by atoms with Gasteiger partial charge in [-0.25, -0.2) is 4.79 Å². The zero-order valence-electron chi connectivity index (χ0n) is 13.5. The number of alkyl halides is 3. The third-order valence-electron chi connectivity index (χ3n) is 3.34. The number of carboxylic acids is 1. The van der Waals surface area contributed by atoms with Crippen molar-refractivity contribution in [3.05, 3.63) is 17.0 Å². The molecule has 134 valence electrons. The van der Waals surface area contributed by atoms with E-state index < -0.39 is 36.1 Å². The second kappa shape index (κ2) is 5.99. The van der Waals surface area contributed by atoms with Crippen LogP contribution < -0.4 is 0 Å². The fraction of sp³-hybridized carbons (Fsp3) is 0.643. The molecule has 1 amide bonds. The van der Waals surface area contributed by atoms with Gasteiger partial charge in [0.05, 0.1) is 6.54 Å². The number of halogens is 3. The standard InChI is InChI=1S/C14H18F3N3O4/c1-13(2,3)24-12(23)19-5-4-9-8(6-19)11(14(15,16)17)18-20(9)7-10(21)22/h4-7H2,1-3H3,(H,21,22). The lowest BCUT2D eigenvalue weighted by molar-refractivity contribution is -0.143. The van der Waals surface area contributed by atoms with E-state index in [1.807, 2.05) is 0 Å². The molecule has 2 heterocycles. The molecule has 1 N–H and O–H groups in total. The molecule has 7 nitrogen and oxygen atoms in total. The van der Waals surface area contributed by atoms with Gasteiger partial charge >= 0.3 is 18.2 Å². The molecular formula is C14H18F3N3O4. The number of nitrogens with zero attached hydrogens (tertiary/aromatic N) is 3. The van der Waals surface area contributed by atoms with E-state index in [0.717, 1.165) is 9.58 Å². The number of carboxylic acid groups (broad SMARTS) is 1. The lowest BCUT2D eigenvalue weighted by atomic mass is 10.1. The number of fused-ring (bicyclic) bond motifs is 1. The van der Waals surface area contributed by atoms with E-state index in [1.165, 1.54) is 0 Å². The van der Waals surface area contributed by atoms with Crippen LogP contribution >= 0.6 is 0 Å². The Hall–Kier alpha value is -2.26. The van der Waals surface area contributed by atoms with Gasteiger partial charge in [-0.15, -0.1) is 0 Å². The molecule has 1 aromatic rings. The lowest BCUT2D eigenvalue weighted by Gasteiger charge is -2.30. The van der Waals surface area contributed by atoms with Gasteiger partial charge in [-0.2, -0.15) is 18.3 Å². The van der Waals surface area contributed by atoms with Gasteiger partial charge in [0.25, 0.3) is 0 Å². The van der Waals surface area contributed by atoms with Crippen LogP contribution in [0.15, 0.2) is 0 Å². The van der Waals surface area contributed by atoms with Crippen LogP contribution in [0.25, 0.3) is 0 Å². The van der Waals surface area contributed by atoms with Crippen LogP contribution in [0.4, 0.5) is 18.0 Å². The highest BCUT2D eigenvalue weighted by molar-refractivity contribution is 5.69. The summed E-state index contributed by atoms with van der Waals surface area (Å²) in [7, 11) is 0. The summed E-state index contributed by atoms with van der Waals surface area (Å²) in [5.41, 5.74) is -1.92. The average molecular weight is 349 g/mol. The number of ether oxygens (including phenoxy) is 1. The van der Waals surface area contributed by atoms with Crippen LogP contribution in [0.1, 0.15) is 37.7 Å². The molecule has 1 aliphatic rings. The van der Waals surface area contributed by atoms with Crippen molar-refractivity contribution in [3.8, 4) is 0 Å². The Bertz CT molecular complexity index is 661. The summed E-state index contributed by atoms with van der Waals surface area (Å²) < 4.78 is 45.5. The largest absolute Gasteiger partial charge is 0.480 e. The minimum atomic E-state index is -4.73. The van der Waals surface area contributed by atoms with E-state index in [9.17, 15) is 22.8 Å². The maximum atomic E-state index is 13.2. The number of aromatic nitrogens is 2. The topological polar surface area (TPSA) is 84.7 Å². The third-order valence-corrected chi connectivity index (χ3v) is 3.34. The molecule has 1 aliphatic heterocycles. The number of amides is 1. The second-order valence-corrected chi connectivity index (χ2v) is 6.47. The second-order valence-electron chi connectivity index (χ2n) is 6.47. The molecule has 0 unspecified atom stereocenters. The summed E-state index contributed by atoms with van der Waals surface area (Å²) in [5, 5.41) is 12.2. The molecule has 0 saturated heterocycles. The predicted molar refractivity (Wildman–Crippen MR) is 75.2 cm³/mol. The van der Waals surface area contributed by atoms with Crippen molar-refractivity contribution < 1.29 is 32.6 Å². The summed E-state index contributed by atoms with van der Waals surface area (Å²) >= 11 is 0. The van der Waals surface area contributed by atoms with Gasteiger partial charge in [0.2, 0.25) is 0 Å². The van der Waals surface area contributed by atoms with Gasteiger partial charge < -0.3 is 14.7 Å². The number of hydrogen-bond acceptors (Lipinski definition) is 4. The van der Waals surface area contributed by atoms with Crippen molar-refractivity contribution in [1.29, 1.82) is 0 Å². The summed E-state index contributed by atoms with van der Waals surface area (Å²) in [6, 6.07) is 0. The fourth-order valence-electron chi connectivity index (χ4n) is 2.46. The van der Waals surface area contributed by atoms with Gasteiger partial charge in [-0.1, -0.05) is 0 Å². The molecule has 1 aromatic heterocycles. The van der Waals surface area contributed by atoms with Crippen LogP contribution in [0.3, 0.4) is 0 Å². The summed E-state index contributed by atoms with van der Waals surface area (Å²) in [4.78, 5) is 24.0. The molecule has 0 radical (unpaired) electrons. The van der Waals surface area contributed by atoms with Gasteiger partial charge in [0.15, 0.2) is 5.69 Å². The first kappa shape index (κ1) is 18.1. The number of aliphatic carboxylic acids is 1. The highest BCUT2D eigenvalue weighted by Gasteiger charge is 2.41. The number of carbonyl (C=O) groups excluding carboxylic acids is 1. The minimum Gasteiger partial charge on any atom is -0.480 e. The highest BCUT2D eigenvalue weighted by Crippen LogP contribution is 2.35. The van der Waals surface area contributed by atoms with Crippen molar-refractivity contribution >= 4 is 12.1 Å². The number of rotatable bonds is 2. The Morgan fingerprint density at radius 1 is 1.29 bits per heavy atom. The first-order valence-electron chi connectivity index (χ1n) is 7.24. The van der Waals surface area contributed by atoms with E-state index in [-0.39, 0.29) is 30.8 Å². The molecule has 0 fully saturated rings. The zero-order valence-corrected chi connectivity index (χ0v) is 13.5. The van der Waals surface area contributed by atoms with Gasteiger partial charge in [0.1, 0.15) is 12.1 Å². The third kappa shape index (κ3) is 3.98. The maximum Gasteiger partial charge on any atom is 0.435 e. The first-order chi connectivity index (χ1) is 10.9. The van der Waals surface area contributed by atoms with Crippen molar-refractivity contribution in [2.24, 2.45) is 0 Å². The summed E-state index contributed by atoms with van der Waals surface area (Å²) in [6.45, 7) is 4.12. The quantitative estimate of drug-likeness (QED) is 0.885. The van der Waals surface area contributed by atoms with Gasteiger partial charge in [0, 0.05) is 24.2 Å². The smallest absolute Gasteiger partial charge is 0.435 e. The molecule has 0 bridgehead atoms. The average Bonchev–Trinajstić information content (AvgIpc) is 2.74. The Balaban J connectivity index is 2.33. The zero-order chi connectivity index (χ0) is 18.3. The molecular weight excluding hydrogens is 331 g/mol. The van der Waals surface area contributed by atoms with Crippen molar-refractivity contribution in [3.63, 3.8) is 0 Å². The highest BCUT2D eigenvalue weighted by atomic mass is 19.4. The Morgan fingerprint density at radius 3 is 2.42 bits per heavy atom. The van der Waals surface area contributed by atoms with Crippen LogP contribution in [-0.4, -0.2) is 44.0 Å². The molecule has 0 aliphatic carbocycles. The van der Waals surface area contributed by atoms with E-state index in [2.05, 4.69) is 5.10 Å². The molecule has 0 atom stereocenters. The molecule has 2 rings (SSSR count). The van der Waals surface area contributed by atoms with Crippen LogP contribution in [0, 0.1) is 0 Å². The molecule has 10 heteroatoms. The monoisotopic (exact) mass is 349 g/mol. The Morgan fingerprint density at radius 2 is 1.92 bits per heavy atom. The van der Waals surface area contributed by atoms with E-state index in [0.29, 0.717) is 0 Å². The molecule has 0 aromatic carbocycles. The Labute approximate surface area is 136 Å². The van der Waals surface area contributed by atoms with Crippen LogP contribution in [0.2, 0.25) is 0 Å². The first-order valence-corrected chi connectivity index (χ1v) is 7.24. The number of carbonyl (C=O) groups is 2. The maximum absolute atomic E-state index is 13.2. The summed E-state index contributed by atoms with van der Waals surface area (Å²) in [5.74, 6) is -1.29. The SMILES string of the molecule is CC(C)(C)OC(=O)N1CCc2c(c(C(F)(F)F)nn2CC(=O)O)C1. The van der Waals surface area contributed by atoms with E-state index >= 15 is 0 Å². The van der Waals surface area contributed by atoms with Crippen molar-refractivity contribution in [2.75, 3.05) is 6.54 Å².